The summed E-state index contributed by atoms with van der Waals surface area (Å²) in [5, 5.41) is 9.72. The van der Waals surface area contributed by atoms with Crippen LogP contribution < -0.4 is 0 Å². The van der Waals surface area contributed by atoms with Crippen LogP contribution in [0.5, 0.6) is 0 Å². The molecular formula is C80H150O5. The zero-order chi connectivity index (χ0) is 61.2. The molecule has 0 aliphatic rings. The molecule has 0 saturated carbocycles. The van der Waals surface area contributed by atoms with Crippen LogP contribution in [0.15, 0.2) is 48.6 Å². The minimum absolute atomic E-state index is 0.0583. The Morgan fingerprint density at radius 1 is 0.282 bits per heavy atom. The van der Waals surface area contributed by atoms with Gasteiger partial charge < -0.3 is 14.6 Å². The molecule has 0 amide bonds. The summed E-state index contributed by atoms with van der Waals surface area (Å²) in [6, 6.07) is 0. The van der Waals surface area contributed by atoms with E-state index in [1.807, 2.05) is 0 Å². The van der Waals surface area contributed by atoms with Crippen molar-refractivity contribution >= 4 is 11.9 Å². The van der Waals surface area contributed by atoms with Gasteiger partial charge in [0, 0.05) is 12.8 Å². The lowest BCUT2D eigenvalue weighted by Crippen LogP contribution is -2.28. The van der Waals surface area contributed by atoms with Crippen molar-refractivity contribution in [3.8, 4) is 0 Å². The van der Waals surface area contributed by atoms with Crippen LogP contribution >= 0.6 is 0 Å². The smallest absolute Gasteiger partial charge is 0.306 e. The molecule has 0 saturated heterocycles. The number of hydrogen-bond donors (Lipinski definition) is 1. The van der Waals surface area contributed by atoms with Crippen molar-refractivity contribution < 1.29 is 24.2 Å². The molecule has 0 radical (unpaired) electrons. The molecule has 500 valence electrons. The normalized spacial score (nSPS) is 12.4. The van der Waals surface area contributed by atoms with Gasteiger partial charge >= 0.3 is 11.9 Å². The number of rotatable bonds is 73. The van der Waals surface area contributed by atoms with Crippen LogP contribution in [0.3, 0.4) is 0 Å². The minimum Gasteiger partial charge on any atom is -0.462 e. The molecule has 1 unspecified atom stereocenters. The molecule has 0 fully saturated rings. The lowest BCUT2D eigenvalue weighted by Gasteiger charge is -2.15. The van der Waals surface area contributed by atoms with Crippen molar-refractivity contribution in [3.63, 3.8) is 0 Å². The maximum Gasteiger partial charge on any atom is 0.306 e. The molecule has 0 aromatic carbocycles. The van der Waals surface area contributed by atoms with Gasteiger partial charge in [-0.25, -0.2) is 0 Å². The first-order valence-corrected chi connectivity index (χ1v) is 38.7. The monoisotopic (exact) mass is 1190 g/mol. The largest absolute Gasteiger partial charge is 0.462 e. The number of aliphatic hydroxyl groups excluding tert-OH is 1. The van der Waals surface area contributed by atoms with Crippen molar-refractivity contribution in [2.45, 2.75) is 437 Å². The fourth-order valence-corrected chi connectivity index (χ4v) is 12.1. The highest BCUT2D eigenvalue weighted by atomic mass is 16.6. The third-order valence-electron chi connectivity index (χ3n) is 17.9. The van der Waals surface area contributed by atoms with Gasteiger partial charge in [0.2, 0.25) is 0 Å². The van der Waals surface area contributed by atoms with E-state index in [0.29, 0.717) is 12.8 Å². The molecule has 1 N–H and O–H groups in total. The van der Waals surface area contributed by atoms with E-state index >= 15 is 0 Å². The molecule has 5 nitrogen and oxygen atoms in total. The summed E-state index contributed by atoms with van der Waals surface area (Å²) >= 11 is 0. The maximum absolute atomic E-state index is 12.4. The Bertz CT molecular complexity index is 1400. The third kappa shape index (κ3) is 74.2. The lowest BCUT2D eigenvalue weighted by atomic mass is 10.0. The SMILES string of the molecule is CC/C=C\C/C=C\C/C=C\C/C=C\CCCCCCCCCCCCCCCCCCCCCCCCCCC(=O)OC(CO)COC(=O)CCCCCCCCCCCCCCCCCCCCCCCCCCCCCCCCCCCC. The minimum atomic E-state index is -0.770. The first-order chi connectivity index (χ1) is 42.1. The molecule has 0 aliphatic carbocycles. The number of allylic oxidation sites excluding steroid dienone is 8. The first kappa shape index (κ1) is 82.9. The van der Waals surface area contributed by atoms with Gasteiger partial charge in [0.1, 0.15) is 6.61 Å². The summed E-state index contributed by atoms with van der Waals surface area (Å²) in [4.78, 5) is 24.7. The van der Waals surface area contributed by atoms with Gasteiger partial charge in [0.25, 0.3) is 0 Å². The topological polar surface area (TPSA) is 72.8 Å². The summed E-state index contributed by atoms with van der Waals surface area (Å²) in [7, 11) is 0. The fraction of sp³-hybridized carbons (Fsp3) is 0.875. The standard InChI is InChI=1S/C80H150O5/c1-3-5-7-9-11-13-15-17-19-21-23-25-27-29-31-33-35-37-39-40-41-43-45-47-49-51-53-55-57-59-61-63-65-67-69-71-73-75-80(83)85-78(76-81)77-84-79(82)74-72-70-68-66-64-62-60-58-56-54-52-50-48-46-44-42-38-36-34-32-30-28-26-24-22-20-18-16-14-12-10-8-6-4-2/h5,7,11,13,17,19,23,25,78,81H,3-4,6,8-10,12,14-16,18,20-22,24,26-77H2,1-2H3/b7-5-,13-11-,19-17-,25-23-. The molecule has 85 heavy (non-hydrogen) atoms. The molecule has 0 aliphatic heterocycles. The van der Waals surface area contributed by atoms with Crippen LogP contribution in [0.1, 0.15) is 431 Å². The van der Waals surface area contributed by atoms with Gasteiger partial charge in [-0.1, -0.05) is 416 Å². The number of carbonyl (C=O) groups is 2. The second-order valence-electron chi connectivity index (χ2n) is 26.4. The van der Waals surface area contributed by atoms with Crippen molar-refractivity contribution in [2.24, 2.45) is 0 Å². The van der Waals surface area contributed by atoms with Crippen molar-refractivity contribution in [2.75, 3.05) is 13.2 Å². The molecule has 1 atom stereocenters. The van der Waals surface area contributed by atoms with E-state index in [9.17, 15) is 14.7 Å². The Balaban J connectivity index is 3.36. The van der Waals surface area contributed by atoms with E-state index in [4.69, 9.17) is 9.47 Å². The number of hydrogen-bond acceptors (Lipinski definition) is 5. The highest BCUT2D eigenvalue weighted by molar-refractivity contribution is 5.70. The second kappa shape index (κ2) is 76.1. The zero-order valence-corrected chi connectivity index (χ0v) is 57.7. The Hall–Kier alpha value is -2.14. The van der Waals surface area contributed by atoms with E-state index in [-0.39, 0.29) is 25.2 Å². The summed E-state index contributed by atoms with van der Waals surface area (Å²) in [6.07, 6.45) is 103. The van der Waals surface area contributed by atoms with E-state index in [2.05, 4.69) is 62.5 Å². The van der Waals surface area contributed by atoms with Crippen molar-refractivity contribution in [1.29, 1.82) is 0 Å². The lowest BCUT2D eigenvalue weighted by molar-refractivity contribution is -0.161. The van der Waals surface area contributed by atoms with E-state index in [1.165, 1.54) is 347 Å². The van der Waals surface area contributed by atoms with Crippen LogP contribution in [0.2, 0.25) is 0 Å². The van der Waals surface area contributed by atoms with Crippen LogP contribution in [-0.4, -0.2) is 36.4 Å². The second-order valence-corrected chi connectivity index (χ2v) is 26.4. The van der Waals surface area contributed by atoms with Crippen molar-refractivity contribution in [1.82, 2.24) is 0 Å². The Morgan fingerprint density at radius 3 is 0.765 bits per heavy atom. The molecule has 0 heterocycles. The molecule has 0 aromatic rings. The first-order valence-electron chi connectivity index (χ1n) is 38.7. The van der Waals surface area contributed by atoms with Crippen LogP contribution in [0, 0.1) is 0 Å². The molecule has 5 heteroatoms. The Morgan fingerprint density at radius 2 is 0.506 bits per heavy atom. The molecule has 0 aromatic heterocycles. The highest BCUT2D eigenvalue weighted by Crippen LogP contribution is 2.20. The van der Waals surface area contributed by atoms with Gasteiger partial charge in [0.05, 0.1) is 6.61 Å². The Kier molecular flexibility index (Phi) is 74.2. The van der Waals surface area contributed by atoms with E-state index in [0.717, 1.165) is 57.8 Å². The number of esters is 2. The predicted octanol–water partition coefficient (Wildman–Crippen LogP) is 27.1. The van der Waals surface area contributed by atoms with Gasteiger partial charge in [0.15, 0.2) is 6.10 Å². The zero-order valence-electron chi connectivity index (χ0n) is 57.7. The van der Waals surface area contributed by atoms with Gasteiger partial charge in [-0.15, -0.1) is 0 Å². The average molecular weight is 1190 g/mol. The summed E-state index contributed by atoms with van der Waals surface area (Å²) in [5.74, 6) is -0.562. The van der Waals surface area contributed by atoms with E-state index < -0.39 is 6.10 Å². The fourth-order valence-electron chi connectivity index (χ4n) is 12.1. The van der Waals surface area contributed by atoms with Gasteiger partial charge in [-0.2, -0.15) is 0 Å². The van der Waals surface area contributed by atoms with Crippen LogP contribution in [0.4, 0.5) is 0 Å². The van der Waals surface area contributed by atoms with Gasteiger partial charge in [-0.3, -0.25) is 9.59 Å². The van der Waals surface area contributed by atoms with Gasteiger partial charge in [-0.05, 0) is 51.4 Å². The summed E-state index contributed by atoms with van der Waals surface area (Å²) < 4.78 is 10.8. The number of aliphatic hydroxyl groups is 1. The molecule has 0 bridgehead atoms. The third-order valence-corrected chi connectivity index (χ3v) is 17.9. The van der Waals surface area contributed by atoms with Crippen LogP contribution in [-0.2, 0) is 19.1 Å². The summed E-state index contributed by atoms with van der Waals surface area (Å²) in [6.45, 7) is 4.10. The predicted molar refractivity (Wildman–Crippen MR) is 376 cm³/mol. The molecular weight excluding hydrogens is 1040 g/mol. The average Bonchev–Trinajstić information content (AvgIpc) is 3.52. The molecule has 0 spiro atoms. The van der Waals surface area contributed by atoms with E-state index in [1.54, 1.807) is 0 Å². The number of carbonyl (C=O) groups excluding carboxylic acids is 2. The van der Waals surface area contributed by atoms with Crippen molar-refractivity contribution in [3.05, 3.63) is 48.6 Å². The number of ether oxygens (including phenoxy) is 2. The quantitative estimate of drug-likeness (QED) is 0.0373. The summed E-state index contributed by atoms with van der Waals surface area (Å²) in [5.41, 5.74) is 0. The number of unbranched alkanes of at least 4 members (excludes halogenated alkanes) is 57. The Labute approximate surface area is 532 Å². The highest BCUT2D eigenvalue weighted by Gasteiger charge is 2.16. The molecule has 0 rings (SSSR count). The maximum atomic E-state index is 12.4. The van der Waals surface area contributed by atoms with Crippen LogP contribution in [0.25, 0.3) is 0 Å².